The van der Waals surface area contributed by atoms with Crippen molar-refractivity contribution in [2.75, 3.05) is 18.5 Å². The van der Waals surface area contributed by atoms with Gasteiger partial charge in [-0.2, -0.15) is 0 Å². The van der Waals surface area contributed by atoms with Gasteiger partial charge in [-0.05, 0) is 6.42 Å². The van der Waals surface area contributed by atoms with Gasteiger partial charge in [0.05, 0.1) is 5.69 Å². The molecule has 1 rings (SSSR count). The monoisotopic (exact) mass is 233 g/mol. The number of rotatable bonds is 4. The molecule has 78 valence electrons. The van der Waals surface area contributed by atoms with Gasteiger partial charge >= 0.3 is 0 Å². The number of hydrogen-bond acceptors (Lipinski definition) is 3. The maximum atomic E-state index is 5.90. The zero-order valence-corrected chi connectivity index (χ0v) is 9.81. The van der Waals surface area contributed by atoms with Gasteiger partial charge in [0.1, 0.15) is 0 Å². The summed E-state index contributed by atoms with van der Waals surface area (Å²) in [7, 11) is 1.97. The molecule has 0 aliphatic rings. The van der Waals surface area contributed by atoms with E-state index in [4.69, 9.17) is 23.2 Å². The standard InChI is InChI=1S/C9H13Cl2N3/c1-3-4-5-14(2)7-6-8(10)12-13-9(7)11/h6H,3-5H2,1-2H3. The summed E-state index contributed by atoms with van der Waals surface area (Å²) in [6.07, 6.45) is 2.26. The Balaban J connectivity index is 2.77. The molecule has 0 aliphatic carbocycles. The summed E-state index contributed by atoms with van der Waals surface area (Å²) < 4.78 is 0. The summed E-state index contributed by atoms with van der Waals surface area (Å²) in [4.78, 5) is 2.03. The third-order valence-corrected chi connectivity index (χ3v) is 2.41. The van der Waals surface area contributed by atoms with Crippen molar-refractivity contribution >= 4 is 28.9 Å². The molecule has 0 saturated carbocycles. The molecule has 14 heavy (non-hydrogen) atoms. The predicted molar refractivity (Wildman–Crippen MR) is 60.2 cm³/mol. The van der Waals surface area contributed by atoms with Crippen molar-refractivity contribution in [3.05, 3.63) is 16.4 Å². The van der Waals surface area contributed by atoms with E-state index in [1.165, 1.54) is 0 Å². The second-order valence-electron chi connectivity index (χ2n) is 3.12. The normalized spacial score (nSPS) is 10.3. The number of aromatic nitrogens is 2. The van der Waals surface area contributed by atoms with Crippen LogP contribution in [-0.2, 0) is 0 Å². The molecule has 0 N–H and O–H groups in total. The Kier molecular flexibility index (Phi) is 4.42. The van der Waals surface area contributed by atoms with E-state index >= 15 is 0 Å². The molecule has 0 aliphatic heterocycles. The molecule has 0 fully saturated rings. The van der Waals surface area contributed by atoms with E-state index in [-0.39, 0.29) is 0 Å². The van der Waals surface area contributed by atoms with Crippen LogP contribution in [0.3, 0.4) is 0 Å². The highest BCUT2D eigenvalue weighted by Gasteiger charge is 2.08. The molecular weight excluding hydrogens is 221 g/mol. The Hall–Kier alpha value is -0.540. The van der Waals surface area contributed by atoms with Crippen molar-refractivity contribution in [3.8, 4) is 0 Å². The van der Waals surface area contributed by atoms with Gasteiger partial charge in [0, 0.05) is 19.7 Å². The number of nitrogens with zero attached hydrogens (tertiary/aromatic N) is 3. The molecule has 1 aromatic rings. The predicted octanol–water partition coefficient (Wildman–Crippen LogP) is 3.02. The lowest BCUT2D eigenvalue weighted by Gasteiger charge is -2.19. The Morgan fingerprint density at radius 2 is 2.07 bits per heavy atom. The number of hydrogen-bond donors (Lipinski definition) is 0. The molecule has 1 heterocycles. The van der Waals surface area contributed by atoms with Gasteiger partial charge in [0.25, 0.3) is 0 Å². The van der Waals surface area contributed by atoms with Crippen molar-refractivity contribution in [3.63, 3.8) is 0 Å². The van der Waals surface area contributed by atoms with Crippen LogP contribution >= 0.6 is 23.2 Å². The smallest absolute Gasteiger partial charge is 0.175 e. The van der Waals surface area contributed by atoms with Crippen LogP contribution in [0.5, 0.6) is 0 Å². The minimum atomic E-state index is 0.368. The van der Waals surface area contributed by atoms with E-state index in [0.717, 1.165) is 25.1 Å². The quantitative estimate of drug-likeness (QED) is 0.801. The van der Waals surface area contributed by atoms with E-state index in [1.807, 2.05) is 11.9 Å². The van der Waals surface area contributed by atoms with E-state index in [9.17, 15) is 0 Å². The van der Waals surface area contributed by atoms with E-state index < -0.39 is 0 Å². The van der Waals surface area contributed by atoms with Gasteiger partial charge in [0.2, 0.25) is 0 Å². The first-order valence-corrected chi connectivity index (χ1v) is 5.30. The minimum Gasteiger partial charge on any atom is -0.372 e. The van der Waals surface area contributed by atoms with Crippen molar-refractivity contribution < 1.29 is 0 Å². The summed E-state index contributed by atoms with van der Waals surface area (Å²) in [6.45, 7) is 3.09. The van der Waals surface area contributed by atoms with Crippen LogP contribution in [0.2, 0.25) is 10.3 Å². The highest BCUT2D eigenvalue weighted by atomic mass is 35.5. The molecule has 0 bridgehead atoms. The Bertz CT molecular complexity index is 304. The average molecular weight is 234 g/mol. The van der Waals surface area contributed by atoms with E-state index in [2.05, 4.69) is 17.1 Å². The summed E-state index contributed by atoms with van der Waals surface area (Å²) in [5.41, 5.74) is 0.833. The van der Waals surface area contributed by atoms with Crippen molar-refractivity contribution in [2.24, 2.45) is 0 Å². The van der Waals surface area contributed by atoms with Gasteiger partial charge in [-0.25, -0.2) is 0 Å². The zero-order valence-electron chi connectivity index (χ0n) is 8.30. The molecule has 0 spiro atoms. The van der Waals surface area contributed by atoms with Crippen LogP contribution in [0.4, 0.5) is 5.69 Å². The summed E-state index contributed by atoms with van der Waals surface area (Å²) in [5, 5.41) is 8.17. The average Bonchev–Trinajstić information content (AvgIpc) is 2.18. The fourth-order valence-corrected chi connectivity index (χ4v) is 1.51. The largest absolute Gasteiger partial charge is 0.372 e. The maximum Gasteiger partial charge on any atom is 0.175 e. The first-order chi connectivity index (χ1) is 6.65. The van der Waals surface area contributed by atoms with Crippen LogP contribution in [0.15, 0.2) is 6.07 Å². The van der Waals surface area contributed by atoms with Gasteiger partial charge < -0.3 is 4.90 Å². The molecule has 5 heteroatoms. The zero-order chi connectivity index (χ0) is 10.6. The van der Waals surface area contributed by atoms with E-state index in [0.29, 0.717) is 10.3 Å². The number of unbranched alkanes of at least 4 members (excludes halogenated alkanes) is 1. The van der Waals surface area contributed by atoms with Crippen LogP contribution in [0.1, 0.15) is 19.8 Å². The highest BCUT2D eigenvalue weighted by Crippen LogP contribution is 2.24. The Morgan fingerprint density at radius 3 is 2.71 bits per heavy atom. The fraction of sp³-hybridized carbons (Fsp3) is 0.556. The first kappa shape index (κ1) is 11.5. The van der Waals surface area contributed by atoms with Crippen molar-refractivity contribution in [1.82, 2.24) is 10.2 Å². The Labute approximate surface area is 94.0 Å². The molecule has 0 unspecified atom stereocenters. The second-order valence-corrected chi connectivity index (χ2v) is 3.86. The van der Waals surface area contributed by atoms with Crippen molar-refractivity contribution in [1.29, 1.82) is 0 Å². The third-order valence-electron chi connectivity index (χ3n) is 1.96. The maximum absolute atomic E-state index is 5.90. The number of halogens is 2. The van der Waals surface area contributed by atoms with Crippen LogP contribution < -0.4 is 4.90 Å². The Morgan fingerprint density at radius 1 is 1.36 bits per heavy atom. The van der Waals surface area contributed by atoms with Crippen LogP contribution in [0, 0.1) is 0 Å². The molecule has 0 saturated heterocycles. The SMILES string of the molecule is CCCCN(C)c1cc(Cl)nnc1Cl. The molecule has 0 amide bonds. The van der Waals surface area contributed by atoms with Gasteiger partial charge in [-0.3, -0.25) is 0 Å². The second kappa shape index (κ2) is 5.37. The first-order valence-electron chi connectivity index (χ1n) is 4.55. The number of anilines is 1. The third kappa shape index (κ3) is 3.00. The topological polar surface area (TPSA) is 29.0 Å². The molecule has 0 atom stereocenters. The lowest BCUT2D eigenvalue weighted by molar-refractivity contribution is 0.764. The summed E-state index contributed by atoms with van der Waals surface area (Å²) >= 11 is 11.6. The highest BCUT2D eigenvalue weighted by molar-refractivity contribution is 6.33. The van der Waals surface area contributed by atoms with Gasteiger partial charge in [-0.1, -0.05) is 36.5 Å². The summed E-state index contributed by atoms with van der Waals surface area (Å²) in [5.74, 6) is 0. The van der Waals surface area contributed by atoms with Gasteiger partial charge in [-0.15, -0.1) is 10.2 Å². The molecular formula is C9H13Cl2N3. The molecule has 3 nitrogen and oxygen atoms in total. The minimum absolute atomic E-state index is 0.368. The fourth-order valence-electron chi connectivity index (χ4n) is 1.13. The molecule has 0 radical (unpaired) electrons. The lowest BCUT2D eigenvalue weighted by atomic mass is 10.3. The molecule has 1 aromatic heterocycles. The van der Waals surface area contributed by atoms with Crippen molar-refractivity contribution in [2.45, 2.75) is 19.8 Å². The van der Waals surface area contributed by atoms with E-state index in [1.54, 1.807) is 6.07 Å². The lowest BCUT2D eigenvalue weighted by Crippen LogP contribution is -2.19. The van der Waals surface area contributed by atoms with Crippen LogP contribution in [0.25, 0.3) is 0 Å². The summed E-state index contributed by atoms with van der Waals surface area (Å²) in [6, 6.07) is 1.73. The van der Waals surface area contributed by atoms with Gasteiger partial charge in [0.15, 0.2) is 10.3 Å². The molecule has 0 aromatic carbocycles. The van der Waals surface area contributed by atoms with Crippen LogP contribution in [-0.4, -0.2) is 23.8 Å².